The van der Waals surface area contributed by atoms with Crippen LogP contribution < -0.4 is 10.6 Å². The van der Waals surface area contributed by atoms with Crippen LogP contribution in [0.1, 0.15) is 36.1 Å². The molecule has 2 aromatic carbocycles. The van der Waals surface area contributed by atoms with Gasteiger partial charge in [0.05, 0.1) is 18.3 Å². The first-order valence-electron chi connectivity index (χ1n) is 10.5. The molecule has 0 saturated carbocycles. The van der Waals surface area contributed by atoms with Crippen molar-refractivity contribution in [2.24, 2.45) is 0 Å². The molecule has 0 bridgehead atoms. The van der Waals surface area contributed by atoms with Gasteiger partial charge in [-0.1, -0.05) is 30.3 Å². The summed E-state index contributed by atoms with van der Waals surface area (Å²) < 4.78 is 34.0. The zero-order valence-corrected chi connectivity index (χ0v) is 19.4. The predicted molar refractivity (Wildman–Crippen MR) is 122 cm³/mol. The minimum Gasteiger partial charge on any atom is -0.383 e. The van der Waals surface area contributed by atoms with Crippen molar-refractivity contribution in [2.45, 2.75) is 37.6 Å². The summed E-state index contributed by atoms with van der Waals surface area (Å²) in [5.74, 6) is -0.612. The number of amides is 2. The molecule has 8 nitrogen and oxygen atoms in total. The van der Waals surface area contributed by atoms with Gasteiger partial charge in [0.25, 0.3) is 0 Å². The van der Waals surface area contributed by atoms with E-state index in [9.17, 15) is 18.0 Å². The van der Waals surface area contributed by atoms with Crippen LogP contribution in [0.15, 0.2) is 47.4 Å². The summed E-state index contributed by atoms with van der Waals surface area (Å²) in [6.07, 6.45) is 0.528. The third kappa shape index (κ3) is 5.35. The predicted octanol–water partition coefficient (Wildman–Crippen LogP) is 2.39. The van der Waals surface area contributed by atoms with Gasteiger partial charge in [-0.3, -0.25) is 9.59 Å². The van der Waals surface area contributed by atoms with Crippen LogP contribution in [-0.4, -0.2) is 51.3 Å². The highest BCUT2D eigenvalue weighted by molar-refractivity contribution is 7.89. The molecule has 0 saturated heterocycles. The first-order chi connectivity index (χ1) is 15.2. The summed E-state index contributed by atoms with van der Waals surface area (Å²) in [6, 6.07) is 11.8. The molecule has 1 aliphatic rings. The monoisotopic (exact) mass is 459 g/mol. The molecule has 2 N–H and O–H groups in total. The number of carbonyl (C=O) groups excluding carboxylic acids is 2. The Balaban J connectivity index is 2.01. The highest BCUT2D eigenvalue weighted by Gasteiger charge is 2.38. The maximum absolute atomic E-state index is 13.8. The smallest absolute Gasteiger partial charge is 0.245 e. The molecule has 2 amide bonds. The van der Waals surface area contributed by atoms with E-state index in [1.54, 1.807) is 32.2 Å². The lowest BCUT2D eigenvalue weighted by Crippen LogP contribution is -2.42. The Bertz CT molecular complexity index is 1100. The molecule has 0 radical (unpaired) electrons. The van der Waals surface area contributed by atoms with Crippen LogP contribution in [0, 0.1) is 6.92 Å². The molecule has 0 aliphatic carbocycles. The summed E-state index contributed by atoms with van der Waals surface area (Å²) >= 11 is 0. The number of hydrogen-bond donors (Lipinski definition) is 2. The molecular formula is C23H29N3O5S. The fourth-order valence-corrected chi connectivity index (χ4v) is 5.77. The number of methoxy groups -OCH3 is 1. The molecule has 0 fully saturated rings. The highest BCUT2D eigenvalue weighted by atomic mass is 32.2. The van der Waals surface area contributed by atoms with Crippen LogP contribution in [-0.2, 0) is 30.8 Å². The van der Waals surface area contributed by atoms with Crippen LogP contribution in [0.4, 0.5) is 5.69 Å². The fourth-order valence-electron chi connectivity index (χ4n) is 3.93. The summed E-state index contributed by atoms with van der Waals surface area (Å²) in [6.45, 7) is 4.09. The van der Waals surface area contributed by atoms with E-state index in [0.717, 1.165) is 16.7 Å². The lowest BCUT2D eigenvalue weighted by molar-refractivity contribution is -0.122. The molecule has 2 aromatic rings. The highest BCUT2D eigenvalue weighted by Crippen LogP contribution is 2.38. The second kappa shape index (κ2) is 10.2. The van der Waals surface area contributed by atoms with E-state index in [-0.39, 0.29) is 35.4 Å². The molecule has 0 aromatic heterocycles. The van der Waals surface area contributed by atoms with Gasteiger partial charge in [-0.2, -0.15) is 4.31 Å². The van der Waals surface area contributed by atoms with Crippen LogP contribution in [0.2, 0.25) is 0 Å². The Morgan fingerprint density at radius 1 is 1.19 bits per heavy atom. The summed E-state index contributed by atoms with van der Waals surface area (Å²) in [7, 11) is -2.46. The van der Waals surface area contributed by atoms with Crippen molar-refractivity contribution in [1.29, 1.82) is 0 Å². The number of nitrogens with one attached hydrogen (secondary N) is 2. The van der Waals surface area contributed by atoms with Gasteiger partial charge in [0.15, 0.2) is 0 Å². The van der Waals surface area contributed by atoms with Crippen LogP contribution >= 0.6 is 0 Å². The van der Waals surface area contributed by atoms with Gasteiger partial charge in [-0.05, 0) is 42.2 Å². The van der Waals surface area contributed by atoms with Crippen molar-refractivity contribution in [3.8, 4) is 0 Å². The Kier molecular flexibility index (Phi) is 7.65. The third-order valence-electron chi connectivity index (χ3n) is 5.40. The van der Waals surface area contributed by atoms with E-state index in [2.05, 4.69) is 10.6 Å². The number of anilines is 1. The van der Waals surface area contributed by atoms with Crippen LogP contribution in [0.3, 0.4) is 0 Å². The van der Waals surface area contributed by atoms with Crippen molar-refractivity contribution in [1.82, 2.24) is 9.62 Å². The quantitative estimate of drug-likeness (QED) is 0.590. The zero-order valence-electron chi connectivity index (χ0n) is 18.6. The van der Waals surface area contributed by atoms with Gasteiger partial charge < -0.3 is 15.4 Å². The topological polar surface area (TPSA) is 105 Å². The number of carbonyl (C=O) groups is 2. The minimum atomic E-state index is -4.01. The third-order valence-corrected chi connectivity index (χ3v) is 7.35. The van der Waals surface area contributed by atoms with Crippen molar-refractivity contribution in [3.05, 3.63) is 59.2 Å². The summed E-state index contributed by atoms with van der Waals surface area (Å²) in [4.78, 5) is 24.3. The van der Waals surface area contributed by atoms with E-state index < -0.39 is 16.1 Å². The number of rotatable bonds is 8. The lowest BCUT2D eigenvalue weighted by atomic mass is 9.92. The number of fused-ring (bicyclic) bond motifs is 1. The van der Waals surface area contributed by atoms with Crippen molar-refractivity contribution >= 4 is 27.5 Å². The largest absolute Gasteiger partial charge is 0.383 e. The molecule has 0 spiro atoms. The maximum atomic E-state index is 13.8. The molecule has 9 heteroatoms. The molecule has 172 valence electrons. The number of sulfonamides is 1. The first kappa shape index (κ1) is 23.9. The van der Waals surface area contributed by atoms with Gasteiger partial charge in [0.2, 0.25) is 21.8 Å². The Morgan fingerprint density at radius 2 is 1.94 bits per heavy atom. The maximum Gasteiger partial charge on any atom is 0.245 e. The SMILES string of the molecule is COCCNC(=O)CC1c2ccccc2CCN1S(=O)(=O)c1cc(C)ccc1NC(C)=O. The van der Waals surface area contributed by atoms with E-state index in [4.69, 9.17) is 4.74 Å². The first-order valence-corrected chi connectivity index (χ1v) is 11.9. The van der Waals surface area contributed by atoms with E-state index in [1.807, 2.05) is 24.3 Å². The Labute approximate surface area is 189 Å². The Morgan fingerprint density at radius 3 is 2.66 bits per heavy atom. The second-order valence-corrected chi connectivity index (χ2v) is 9.67. The number of benzene rings is 2. The van der Waals surface area contributed by atoms with E-state index in [0.29, 0.717) is 19.6 Å². The Hall–Kier alpha value is -2.75. The minimum absolute atomic E-state index is 0.0127. The van der Waals surface area contributed by atoms with Gasteiger partial charge in [-0.15, -0.1) is 0 Å². The number of aryl methyl sites for hydroxylation is 1. The summed E-state index contributed by atoms with van der Waals surface area (Å²) in [5, 5.41) is 5.39. The fraction of sp³-hybridized carbons (Fsp3) is 0.391. The molecule has 1 unspecified atom stereocenters. The summed E-state index contributed by atoms with van der Waals surface area (Å²) in [5.41, 5.74) is 2.83. The van der Waals surface area contributed by atoms with Crippen molar-refractivity contribution in [3.63, 3.8) is 0 Å². The lowest BCUT2D eigenvalue weighted by Gasteiger charge is -2.36. The average Bonchev–Trinajstić information content (AvgIpc) is 2.75. The van der Waals surface area contributed by atoms with E-state index in [1.165, 1.54) is 11.2 Å². The van der Waals surface area contributed by atoms with Gasteiger partial charge >= 0.3 is 0 Å². The molecule has 3 rings (SSSR count). The van der Waals surface area contributed by atoms with Crippen LogP contribution in [0.25, 0.3) is 0 Å². The molecule has 1 atom stereocenters. The average molecular weight is 460 g/mol. The van der Waals surface area contributed by atoms with E-state index >= 15 is 0 Å². The van der Waals surface area contributed by atoms with Crippen molar-refractivity contribution < 1.29 is 22.7 Å². The second-order valence-electron chi connectivity index (χ2n) is 7.81. The zero-order chi connectivity index (χ0) is 23.3. The normalized spacial score (nSPS) is 16.3. The van der Waals surface area contributed by atoms with Crippen molar-refractivity contribution in [2.75, 3.05) is 32.1 Å². The van der Waals surface area contributed by atoms with Gasteiger partial charge in [-0.25, -0.2) is 8.42 Å². The molecular weight excluding hydrogens is 430 g/mol. The molecule has 1 heterocycles. The number of hydrogen-bond acceptors (Lipinski definition) is 5. The number of nitrogens with zero attached hydrogens (tertiary/aromatic N) is 1. The molecule has 1 aliphatic heterocycles. The van der Waals surface area contributed by atoms with Gasteiger partial charge in [0.1, 0.15) is 4.90 Å². The molecule has 32 heavy (non-hydrogen) atoms. The van der Waals surface area contributed by atoms with Crippen LogP contribution in [0.5, 0.6) is 0 Å². The number of ether oxygens (including phenoxy) is 1. The van der Waals surface area contributed by atoms with Gasteiger partial charge in [0, 0.05) is 33.5 Å². The standard InChI is InChI=1S/C23H29N3O5S/c1-16-8-9-20(25-17(2)27)22(14-16)32(29,30)26-12-10-18-6-4-5-7-19(18)21(26)15-23(28)24-11-13-31-3/h4-9,14,21H,10-13,15H2,1-3H3,(H,24,28)(H,25,27).